The number of hydrogen-bond donors (Lipinski definition) is 3. The van der Waals surface area contributed by atoms with Gasteiger partial charge >= 0.3 is 0 Å². The van der Waals surface area contributed by atoms with Gasteiger partial charge in [-0.15, -0.1) is 10.2 Å². The second kappa shape index (κ2) is 5.92. The third-order valence-electron chi connectivity index (χ3n) is 4.40. The highest BCUT2D eigenvalue weighted by atomic mass is 35.5. The summed E-state index contributed by atoms with van der Waals surface area (Å²) >= 11 is 6.00. The van der Waals surface area contributed by atoms with E-state index < -0.39 is 0 Å². The van der Waals surface area contributed by atoms with Gasteiger partial charge in [0.25, 0.3) is 0 Å². The van der Waals surface area contributed by atoms with Crippen molar-refractivity contribution in [2.24, 2.45) is 0 Å². The Balaban J connectivity index is 1.86. The van der Waals surface area contributed by atoms with Gasteiger partial charge in [-0.1, -0.05) is 17.7 Å². The van der Waals surface area contributed by atoms with Crippen molar-refractivity contribution in [3.8, 4) is 17.0 Å². The van der Waals surface area contributed by atoms with E-state index in [1.54, 1.807) is 18.2 Å². The lowest BCUT2D eigenvalue weighted by atomic mass is 10.1. The van der Waals surface area contributed by atoms with Gasteiger partial charge in [0.1, 0.15) is 5.75 Å². The molecule has 1 aliphatic rings. The second-order valence-electron chi connectivity index (χ2n) is 5.91. The summed E-state index contributed by atoms with van der Waals surface area (Å²) in [4.78, 5) is 0. The molecular formula is C16H17ClN6O. The van der Waals surface area contributed by atoms with Gasteiger partial charge in [-0.2, -0.15) is 5.10 Å². The van der Waals surface area contributed by atoms with E-state index in [2.05, 4.69) is 20.6 Å². The lowest BCUT2D eigenvalue weighted by molar-refractivity contribution is 0.352. The Kier molecular flexibility index (Phi) is 3.74. The minimum Gasteiger partial charge on any atom is -0.506 e. The molecule has 1 saturated heterocycles. The number of nitrogen functional groups attached to an aromatic ring is 1. The van der Waals surface area contributed by atoms with E-state index in [0.717, 1.165) is 31.4 Å². The number of nitrogens with one attached hydrogen (secondary N) is 1. The van der Waals surface area contributed by atoms with Crippen LogP contribution in [0.25, 0.3) is 22.3 Å². The molecule has 0 radical (unpaired) electrons. The maximum absolute atomic E-state index is 10.2. The minimum absolute atomic E-state index is 0.00581. The first-order valence-corrected chi connectivity index (χ1v) is 8.23. The Bertz CT molecular complexity index is 903. The van der Waals surface area contributed by atoms with Crippen LogP contribution in [0.3, 0.4) is 0 Å². The largest absolute Gasteiger partial charge is 0.506 e. The van der Waals surface area contributed by atoms with Crippen molar-refractivity contribution in [2.75, 3.05) is 18.8 Å². The summed E-state index contributed by atoms with van der Waals surface area (Å²) in [5.41, 5.74) is 8.49. The molecule has 1 aromatic carbocycles. The summed E-state index contributed by atoms with van der Waals surface area (Å²) in [5.74, 6) is 0.367. The summed E-state index contributed by atoms with van der Waals surface area (Å²) in [6.45, 7) is 1.90. The van der Waals surface area contributed by atoms with Gasteiger partial charge in [0.05, 0.1) is 22.3 Å². The molecule has 7 nitrogen and oxygen atoms in total. The van der Waals surface area contributed by atoms with Crippen LogP contribution in [-0.2, 0) is 0 Å². The van der Waals surface area contributed by atoms with Crippen molar-refractivity contribution in [2.45, 2.75) is 18.9 Å². The number of fused-ring (bicyclic) bond motifs is 1. The molecule has 4 N–H and O–H groups in total. The zero-order valence-electron chi connectivity index (χ0n) is 12.9. The molecule has 8 heteroatoms. The predicted octanol–water partition coefficient (Wildman–Crippen LogP) is 2.36. The summed E-state index contributed by atoms with van der Waals surface area (Å²) in [7, 11) is 0. The van der Waals surface area contributed by atoms with E-state index in [1.165, 1.54) is 0 Å². The standard InChI is InChI=1S/C16H17ClN6O/c17-11-3-1-2-10(15(11)24)12-8-13-14(21-20-12)16(18)22-23(13)9-4-6-19-7-5-9/h1-3,8-9,19,24H,4-7H2,(H2,18,22). The normalized spacial score (nSPS) is 15.9. The van der Waals surface area contributed by atoms with Crippen molar-refractivity contribution in [3.63, 3.8) is 0 Å². The highest BCUT2D eigenvalue weighted by Gasteiger charge is 2.21. The zero-order valence-corrected chi connectivity index (χ0v) is 13.7. The Hall–Kier alpha value is -2.38. The molecule has 0 atom stereocenters. The van der Waals surface area contributed by atoms with E-state index in [0.29, 0.717) is 22.6 Å². The maximum atomic E-state index is 10.2. The first-order chi connectivity index (χ1) is 11.6. The van der Waals surface area contributed by atoms with Gasteiger partial charge in [0, 0.05) is 5.56 Å². The summed E-state index contributed by atoms with van der Waals surface area (Å²) in [6, 6.07) is 7.28. The molecule has 3 heterocycles. The van der Waals surface area contributed by atoms with Crippen LogP contribution in [0, 0.1) is 0 Å². The molecular weight excluding hydrogens is 328 g/mol. The number of aromatic nitrogens is 4. The molecule has 24 heavy (non-hydrogen) atoms. The number of piperidine rings is 1. The molecule has 3 aromatic rings. The Morgan fingerprint density at radius 2 is 2.04 bits per heavy atom. The van der Waals surface area contributed by atoms with E-state index in [1.807, 2.05) is 10.7 Å². The Morgan fingerprint density at radius 1 is 1.25 bits per heavy atom. The van der Waals surface area contributed by atoms with Crippen molar-refractivity contribution in [1.29, 1.82) is 0 Å². The lowest BCUT2D eigenvalue weighted by Crippen LogP contribution is -2.29. The van der Waals surface area contributed by atoms with Crippen molar-refractivity contribution >= 4 is 28.5 Å². The van der Waals surface area contributed by atoms with Crippen LogP contribution < -0.4 is 11.1 Å². The number of phenolic OH excluding ortho intramolecular Hbond substituents is 1. The number of nitrogens with zero attached hydrogens (tertiary/aromatic N) is 4. The van der Waals surface area contributed by atoms with Gasteiger partial charge < -0.3 is 16.2 Å². The van der Waals surface area contributed by atoms with Gasteiger partial charge in [-0.3, -0.25) is 4.68 Å². The topological polar surface area (TPSA) is 102 Å². The predicted molar refractivity (Wildman–Crippen MR) is 93.0 cm³/mol. The van der Waals surface area contributed by atoms with Crippen LogP contribution in [-0.4, -0.2) is 38.2 Å². The molecule has 0 bridgehead atoms. The van der Waals surface area contributed by atoms with Crippen molar-refractivity contribution in [1.82, 2.24) is 25.3 Å². The van der Waals surface area contributed by atoms with Crippen LogP contribution in [0.1, 0.15) is 18.9 Å². The van der Waals surface area contributed by atoms with Crippen LogP contribution >= 0.6 is 11.6 Å². The Labute approximate surface area is 143 Å². The number of benzene rings is 1. The first-order valence-electron chi connectivity index (χ1n) is 7.85. The molecule has 0 spiro atoms. The average molecular weight is 345 g/mol. The first kappa shape index (κ1) is 15.2. The van der Waals surface area contributed by atoms with E-state index in [-0.39, 0.29) is 16.8 Å². The average Bonchev–Trinajstić information content (AvgIpc) is 2.94. The van der Waals surface area contributed by atoms with Crippen LogP contribution in [0.5, 0.6) is 5.75 Å². The quantitative estimate of drug-likeness (QED) is 0.659. The number of para-hydroxylation sites is 1. The van der Waals surface area contributed by atoms with E-state index in [9.17, 15) is 5.11 Å². The number of phenols is 1. The summed E-state index contributed by atoms with van der Waals surface area (Å²) in [5, 5.41) is 26.7. The van der Waals surface area contributed by atoms with Crippen LogP contribution in [0.2, 0.25) is 5.02 Å². The highest BCUT2D eigenvalue weighted by molar-refractivity contribution is 6.32. The highest BCUT2D eigenvalue weighted by Crippen LogP contribution is 2.35. The lowest BCUT2D eigenvalue weighted by Gasteiger charge is -2.23. The number of hydrogen-bond acceptors (Lipinski definition) is 6. The SMILES string of the molecule is Nc1nn(C2CCNCC2)c2cc(-c3cccc(Cl)c3O)nnc12. The molecule has 0 saturated carbocycles. The maximum Gasteiger partial charge on any atom is 0.174 e. The second-order valence-corrected chi connectivity index (χ2v) is 6.32. The van der Waals surface area contributed by atoms with Crippen LogP contribution in [0.4, 0.5) is 5.82 Å². The fraction of sp³-hybridized carbons (Fsp3) is 0.312. The number of halogens is 1. The third kappa shape index (κ3) is 2.46. The zero-order chi connectivity index (χ0) is 16.7. The fourth-order valence-corrected chi connectivity index (χ4v) is 3.31. The summed E-state index contributed by atoms with van der Waals surface area (Å²) < 4.78 is 1.94. The van der Waals surface area contributed by atoms with Crippen LogP contribution in [0.15, 0.2) is 24.3 Å². The molecule has 1 fully saturated rings. The molecule has 0 unspecified atom stereocenters. The smallest absolute Gasteiger partial charge is 0.174 e. The molecule has 0 aliphatic carbocycles. The molecule has 0 amide bonds. The number of anilines is 1. The third-order valence-corrected chi connectivity index (χ3v) is 4.70. The Morgan fingerprint density at radius 3 is 2.83 bits per heavy atom. The van der Waals surface area contributed by atoms with Gasteiger partial charge in [0.2, 0.25) is 0 Å². The number of nitrogens with two attached hydrogens (primary N) is 1. The molecule has 4 rings (SSSR count). The molecule has 1 aliphatic heterocycles. The monoisotopic (exact) mass is 344 g/mol. The number of aromatic hydroxyl groups is 1. The van der Waals surface area contributed by atoms with Gasteiger partial charge in [-0.05, 0) is 44.1 Å². The minimum atomic E-state index is -0.00581. The van der Waals surface area contributed by atoms with Gasteiger partial charge in [0.15, 0.2) is 11.3 Å². The van der Waals surface area contributed by atoms with E-state index in [4.69, 9.17) is 17.3 Å². The summed E-state index contributed by atoms with van der Waals surface area (Å²) in [6.07, 6.45) is 1.96. The molecule has 124 valence electrons. The van der Waals surface area contributed by atoms with Gasteiger partial charge in [-0.25, -0.2) is 0 Å². The fourth-order valence-electron chi connectivity index (χ4n) is 3.14. The molecule has 2 aromatic heterocycles. The van der Waals surface area contributed by atoms with Crippen molar-refractivity contribution in [3.05, 3.63) is 29.3 Å². The van der Waals surface area contributed by atoms with Crippen molar-refractivity contribution < 1.29 is 5.11 Å². The van der Waals surface area contributed by atoms with E-state index >= 15 is 0 Å². The number of rotatable bonds is 2.